The number of nitrogens with zero attached hydrogens (tertiary/aromatic N) is 3. The zero-order chi connectivity index (χ0) is 86.8. The first-order chi connectivity index (χ1) is 63.9. The van der Waals surface area contributed by atoms with E-state index in [1.165, 1.54) is 65.3 Å². The van der Waals surface area contributed by atoms with Crippen LogP contribution in [0.15, 0.2) is 494 Å². The molecule has 19 aromatic carbocycles. The predicted octanol–water partition coefficient (Wildman–Crippen LogP) is 21.4. The molecule has 0 unspecified atom stereocenters. The van der Waals surface area contributed by atoms with Gasteiger partial charge < -0.3 is 15.1 Å². The summed E-state index contributed by atoms with van der Waals surface area (Å²) in [5.41, 5.74) is 9.64. The molecule has 9 nitrogen and oxygen atoms in total. The molecule has 5 aliphatic heterocycles. The van der Waals surface area contributed by atoms with Gasteiger partial charge in [0.25, 0.3) is 0 Å². The first kappa shape index (κ1) is 89.8. The van der Waals surface area contributed by atoms with Crippen molar-refractivity contribution in [2.45, 2.75) is 7.43 Å². The molecule has 0 saturated carbocycles. The third-order valence-electron chi connectivity index (χ3n) is 24.6. The van der Waals surface area contributed by atoms with Gasteiger partial charge in [-0.05, 0) is 72.4 Å². The summed E-state index contributed by atoms with van der Waals surface area (Å²) in [5.74, 6) is 5.20. The van der Waals surface area contributed by atoms with Gasteiger partial charge in [-0.1, -0.05) is 112 Å². The van der Waals surface area contributed by atoms with Gasteiger partial charge in [0.15, 0.2) is 11.5 Å². The predicted molar refractivity (Wildman–Crippen MR) is 571 cm³/mol. The van der Waals surface area contributed by atoms with Gasteiger partial charge in [-0.15, -0.1) is 0 Å². The Bertz CT molecular complexity index is 6630. The van der Waals surface area contributed by atoms with Gasteiger partial charge in [-0.3, -0.25) is 10.5 Å². The molecule has 24 rings (SSSR count). The molecule has 0 bridgehead atoms. The Balaban J connectivity index is 0.000000131. The summed E-state index contributed by atoms with van der Waals surface area (Å²) in [5, 5.41) is 24.6. The van der Waals surface area contributed by atoms with Crippen LogP contribution in [-0.4, -0.2) is 50.9 Å². The molecule has 132 heavy (non-hydrogen) atoms. The van der Waals surface area contributed by atoms with E-state index in [9.17, 15) is 0 Å². The van der Waals surface area contributed by atoms with Crippen molar-refractivity contribution in [2.75, 3.05) is 14.7 Å². The molecule has 0 amide bonds. The van der Waals surface area contributed by atoms with Crippen molar-refractivity contribution < 1.29 is 30.2 Å². The molecule has 5 heterocycles. The van der Waals surface area contributed by atoms with E-state index in [1.807, 2.05) is 72.8 Å². The number of rotatable bonds is 12. The second-order valence-electron chi connectivity index (χ2n) is 31.6. The van der Waals surface area contributed by atoms with Crippen molar-refractivity contribution in [2.24, 2.45) is 0 Å². The number of halogens is 2. The molecular weight excluding hydrogens is 1930 g/mol. The molecule has 17 heteroatoms. The zero-order valence-corrected chi connectivity index (χ0v) is 80.9. The van der Waals surface area contributed by atoms with E-state index in [4.69, 9.17) is 24.7 Å². The average Bonchev–Trinajstić information content (AvgIpc) is 0.698. The molecule has 4 N–H and O–H groups in total. The van der Waals surface area contributed by atoms with Crippen molar-refractivity contribution in [3.63, 3.8) is 0 Å². The number of anilines is 9. The summed E-state index contributed by atoms with van der Waals surface area (Å²) in [6.45, 7) is 0. The molecule has 639 valence electrons. The molecule has 0 spiro atoms. The van der Waals surface area contributed by atoms with Crippen LogP contribution in [0.5, 0.6) is 34.5 Å². The Hall–Kier alpha value is -12.7. The first-order valence-corrected chi connectivity index (χ1v) is 56.9. The maximum atomic E-state index is 6.29. The van der Waals surface area contributed by atoms with Crippen molar-refractivity contribution in [3.05, 3.63) is 494 Å². The second-order valence-corrected chi connectivity index (χ2v) is 55.4. The van der Waals surface area contributed by atoms with Gasteiger partial charge in [-0.2, -0.15) is 0 Å². The fourth-order valence-corrected chi connectivity index (χ4v) is 54.7. The Morgan fingerprint density at radius 3 is 0.689 bits per heavy atom. The monoisotopic (exact) mass is 2020 g/mol. The maximum absolute atomic E-state index is 6.29. The van der Waals surface area contributed by atoms with E-state index >= 15 is 0 Å². The van der Waals surface area contributed by atoms with Crippen molar-refractivity contribution in [3.8, 4) is 34.5 Å². The Morgan fingerprint density at radius 2 is 0.439 bits per heavy atom. The molecule has 5 aliphatic rings. The van der Waals surface area contributed by atoms with Crippen LogP contribution < -0.4 is 112 Å². The van der Waals surface area contributed by atoms with Crippen LogP contribution >= 0.6 is 55.6 Å². The van der Waals surface area contributed by atoms with Gasteiger partial charge in [0, 0.05) is 23.0 Å². The van der Waals surface area contributed by atoms with E-state index in [2.05, 4.69) is 459 Å². The van der Waals surface area contributed by atoms with Crippen molar-refractivity contribution in [1.82, 2.24) is 0 Å². The molecule has 0 saturated heterocycles. The van der Waals surface area contributed by atoms with Crippen molar-refractivity contribution >= 4 is 225 Å². The SMILES string of the molecule is Brc1ccccc1P(c1ccc(N2c3ccccc3Oc3ccccc32)cc1)c1ccccc1Br.C.O.OO.[B].c1cc[c]([Ge]2([c]3ccccc3)[c]3ccccc3P(c3ccc(N4c5ccccc5Oc5ccccc54)cc3)c3cccc[c]32)cc1.c1cc[c]([Ge]2([c]3ccccc3)[c]3ccccc3P(c3ccc(N4c5ccccc5Oc5ccccc54)cc3)c3cccc[c]32)cc1. The first-order valence-electron chi connectivity index (χ1n) is 42.9. The summed E-state index contributed by atoms with van der Waals surface area (Å²) in [7, 11) is -2.30. The van der Waals surface area contributed by atoms with Crippen LogP contribution in [-0.2, 0) is 0 Å². The third kappa shape index (κ3) is 16.2. The molecular formula is C115H88BBr2Ge2N3O6P3. The Morgan fingerprint density at radius 1 is 0.235 bits per heavy atom. The summed E-state index contributed by atoms with van der Waals surface area (Å²) in [4.78, 5) is 6.91. The summed E-state index contributed by atoms with van der Waals surface area (Å²) >= 11 is 0.961. The van der Waals surface area contributed by atoms with Crippen LogP contribution in [0.1, 0.15) is 7.43 Å². The fraction of sp³-hybridized carbons (Fsp3) is 0.00870. The standard InChI is InChI=1S/2C42H30GeNOP.C30H20Br2NOP.CH4.B.H2O2.H2O/c2*1-3-15-31(16-4-1)43(32-17-5-2-6-18-32)35-19-7-13-25-41(35)46(42-26-14-8-20-36(42)43)34-29-27-33(28-30-34)44-37-21-9-11-23-39(37)45-40-24-12-10-22-38(40)44;31-23-9-1-7-15-29(23)35(30-16-8-2-10-24(30)32)22-19-17-21(18-20-22)33-25-11-3-5-13-27(25)34-28-14-6-4-12-26(28)33;;;1-2;/h2*1-30H;1-20H;1H4;;1-2H;1H2. The van der Waals surface area contributed by atoms with Crippen LogP contribution in [0.4, 0.5) is 51.2 Å². The van der Waals surface area contributed by atoms with Gasteiger partial charge >= 0.3 is 550 Å². The quantitative estimate of drug-likeness (QED) is 0.0539. The normalized spacial score (nSPS) is 13.2. The molecule has 0 fully saturated rings. The zero-order valence-electron chi connectivity index (χ0n) is 70.8. The Labute approximate surface area is 798 Å². The average molecular weight is 2020 g/mol. The van der Waals surface area contributed by atoms with Gasteiger partial charge in [0.2, 0.25) is 0 Å². The van der Waals surface area contributed by atoms with E-state index in [0.29, 0.717) is 0 Å². The minimum absolute atomic E-state index is 0. The van der Waals surface area contributed by atoms with E-state index in [1.54, 1.807) is 17.6 Å². The van der Waals surface area contributed by atoms with Gasteiger partial charge in [0.1, 0.15) is 0 Å². The van der Waals surface area contributed by atoms with Crippen LogP contribution in [0.25, 0.3) is 0 Å². The summed E-state index contributed by atoms with van der Waals surface area (Å²) in [6, 6.07) is 177. The van der Waals surface area contributed by atoms with Crippen LogP contribution in [0.2, 0.25) is 0 Å². The second kappa shape index (κ2) is 39.7. The van der Waals surface area contributed by atoms with Crippen LogP contribution in [0.3, 0.4) is 0 Å². The number of para-hydroxylation sites is 12. The summed E-state index contributed by atoms with van der Waals surface area (Å²) < 4.78 is 33.1. The van der Waals surface area contributed by atoms with Gasteiger partial charge in [0.05, 0.1) is 11.4 Å². The molecule has 0 aliphatic carbocycles. The molecule has 0 atom stereocenters. The molecule has 19 aromatic rings. The fourth-order valence-electron chi connectivity index (χ4n) is 19.3. The summed E-state index contributed by atoms with van der Waals surface area (Å²) in [6.07, 6.45) is 0. The van der Waals surface area contributed by atoms with E-state index in [-0.39, 0.29) is 21.3 Å². The number of hydrogen-bond acceptors (Lipinski definition) is 8. The number of ether oxygens (including phenoxy) is 3. The van der Waals surface area contributed by atoms with Crippen LogP contribution in [0, 0.1) is 0 Å². The molecule has 3 radical (unpaired) electrons. The topological polar surface area (TPSA) is 109 Å². The van der Waals surface area contributed by atoms with Gasteiger partial charge in [-0.25, -0.2) is 0 Å². The minimum atomic E-state index is -3.33. The van der Waals surface area contributed by atoms with E-state index < -0.39 is 50.3 Å². The number of hydrogen-bond donors (Lipinski definition) is 2. The van der Waals surface area contributed by atoms with E-state index in [0.717, 1.165) is 94.6 Å². The number of fused-ring (bicyclic) bond motifs is 10. The Kier molecular flexibility index (Phi) is 27.1. The number of benzene rings is 19. The van der Waals surface area contributed by atoms with Crippen molar-refractivity contribution in [1.29, 1.82) is 0 Å². The third-order valence-corrected chi connectivity index (χ3v) is 56.5. The molecule has 0 aromatic heterocycles.